The van der Waals surface area contributed by atoms with E-state index in [0.29, 0.717) is 30.4 Å². The quantitative estimate of drug-likeness (QED) is 0.119. The van der Waals surface area contributed by atoms with Crippen LogP contribution in [0.1, 0.15) is 55.4 Å². The highest BCUT2D eigenvalue weighted by atomic mass is 32.2. The van der Waals surface area contributed by atoms with Crippen LogP contribution >= 0.6 is 0 Å². The van der Waals surface area contributed by atoms with Gasteiger partial charge in [0.05, 0.1) is 10.9 Å². The van der Waals surface area contributed by atoms with Crippen LogP contribution < -0.4 is 31.6 Å². The van der Waals surface area contributed by atoms with E-state index in [1.165, 1.54) is 0 Å². The van der Waals surface area contributed by atoms with E-state index < -0.39 is 39.6 Å². The number of carbonyl (C=O) groups is 2. The van der Waals surface area contributed by atoms with E-state index in [2.05, 4.69) is 15.4 Å². The van der Waals surface area contributed by atoms with Crippen molar-refractivity contribution in [2.24, 2.45) is 11.5 Å². The first-order valence-electron chi connectivity index (χ1n) is 11.8. The fraction of sp³-hybridized carbons (Fsp3) is 0.609. The average Bonchev–Trinajstić information content (AvgIpc) is 3.10. The fourth-order valence-corrected chi connectivity index (χ4v) is 5.73. The molecule has 36 heavy (non-hydrogen) atoms. The van der Waals surface area contributed by atoms with Gasteiger partial charge in [0.25, 0.3) is 10.0 Å². The molecule has 0 saturated carbocycles. The van der Waals surface area contributed by atoms with Crippen molar-refractivity contribution in [1.82, 2.24) is 15.4 Å². The molecule has 0 unspecified atom stereocenters. The highest BCUT2D eigenvalue weighted by Crippen LogP contribution is 2.43. The van der Waals surface area contributed by atoms with Crippen LogP contribution in [-0.4, -0.2) is 62.1 Å². The summed E-state index contributed by atoms with van der Waals surface area (Å²) in [6.07, 6.45) is 1.89. The van der Waals surface area contributed by atoms with Crippen molar-refractivity contribution < 1.29 is 27.9 Å². The van der Waals surface area contributed by atoms with E-state index in [-0.39, 0.29) is 30.4 Å². The van der Waals surface area contributed by atoms with Crippen LogP contribution in [0.3, 0.4) is 0 Å². The third-order valence-corrected chi connectivity index (χ3v) is 7.85. The third kappa shape index (κ3) is 6.86. The van der Waals surface area contributed by atoms with Gasteiger partial charge in [0, 0.05) is 25.1 Å². The third-order valence-electron chi connectivity index (χ3n) is 6.23. The number of hydrogen-bond donors (Lipinski definition) is 7. The van der Waals surface area contributed by atoms with Crippen molar-refractivity contribution in [3.05, 3.63) is 22.3 Å². The molecule has 2 atom stereocenters. The number of sulfonamides is 1. The van der Waals surface area contributed by atoms with Crippen LogP contribution in [0.4, 0.5) is 0 Å². The molecule has 0 radical (unpaired) electrons. The summed E-state index contributed by atoms with van der Waals surface area (Å²) in [7, 11) is -4.01. The summed E-state index contributed by atoms with van der Waals surface area (Å²) < 4.78 is 34.7. The van der Waals surface area contributed by atoms with Crippen molar-refractivity contribution in [3.63, 3.8) is 0 Å². The van der Waals surface area contributed by atoms with E-state index in [1.807, 2.05) is 20.8 Å². The predicted octanol–water partition coefficient (Wildman–Crippen LogP) is 0.154. The molecule has 0 saturated heterocycles. The molecule has 1 aromatic rings. The average molecular weight is 527 g/mol. The largest absolute Gasteiger partial charge is 0.487 e. The molecule has 13 heteroatoms. The van der Waals surface area contributed by atoms with Crippen molar-refractivity contribution in [3.8, 4) is 5.75 Å². The van der Waals surface area contributed by atoms with Crippen molar-refractivity contribution in [2.75, 3.05) is 13.1 Å². The zero-order valence-corrected chi connectivity index (χ0v) is 22.3. The molecule has 0 aromatic heterocycles. The second-order valence-corrected chi connectivity index (χ2v) is 11.3. The SMILES string of the molecule is Cc1c(C)c(S(=O)(=O)NC(=N)NCCCC[C@H](N)C(=O)N[C@@H](CN)C(=O)O)c(C)c2c1OC(C)(C)C2. The first kappa shape index (κ1) is 29.3. The number of amides is 1. The highest BCUT2D eigenvalue weighted by molar-refractivity contribution is 7.90. The number of hydrogen-bond acceptors (Lipinski definition) is 8. The monoisotopic (exact) mass is 526 g/mol. The number of carboxylic acids is 1. The summed E-state index contributed by atoms with van der Waals surface area (Å²) in [6, 6.07) is -2.10. The summed E-state index contributed by atoms with van der Waals surface area (Å²) in [4.78, 5) is 23.1. The molecule has 1 aliphatic rings. The summed E-state index contributed by atoms with van der Waals surface area (Å²) >= 11 is 0. The Morgan fingerprint density at radius 1 is 1.17 bits per heavy atom. The van der Waals surface area contributed by atoms with Gasteiger partial charge in [0.2, 0.25) is 11.9 Å². The molecule has 1 amide bonds. The number of rotatable bonds is 11. The summed E-state index contributed by atoms with van der Waals surface area (Å²) in [5, 5.41) is 22.0. The smallest absolute Gasteiger partial charge is 0.327 e. The number of unbranched alkanes of at least 4 members (excludes halogenated alkanes) is 1. The molecule has 1 heterocycles. The van der Waals surface area contributed by atoms with Crippen molar-refractivity contribution in [2.45, 2.75) is 82.9 Å². The lowest BCUT2D eigenvalue weighted by molar-refractivity contribution is -0.141. The molecule has 12 nitrogen and oxygen atoms in total. The second-order valence-electron chi connectivity index (χ2n) is 9.69. The van der Waals surface area contributed by atoms with Gasteiger partial charge in [0.1, 0.15) is 17.4 Å². The van der Waals surface area contributed by atoms with Crippen LogP contribution in [-0.2, 0) is 26.0 Å². The van der Waals surface area contributed by atoms with E-state index in [9.17, 15) is 18.0 Å². The lowest BCUT2D eigenvalue weighted by atomic mass is 9.94. The zero-order chi connectivity index (χ0) is 27.4. The number of ether oxygens (including phenoxy) is 1. The molecule has 0 aliphatic carbocycles. The molecular formula is C23H38N6O6S. The first-order valence-corrected chi connectivity index (χ1v) is 13.2. The molecule has 202 valence electrons. The van der Waals surface area contributed by atoms with Gasteiger partial charge < -0.3 is 31.9 Å². The van der Waals surface area contributed by atoms with E-state index in [4.69, 9.17) is 26.7 Å². The van der Waals surface area contributed by atoms with E-state index >= 15 is 0 Å². The second kappa shape index (κ2) is 11.4. The van der Waals surface area contributed by atoms with Gasteiger partial charge in [-0.05, 0) is 70.6 Å². The Hall–Kier alpha value is -2.90. The lowest BCUT2D eigenvalue weighted by Crippen LogP contribution is -2.51. The van der Waals surface area contributed by atoms with Crippen molar-refractivity contribution in [1.29, 1.82) is 5.41 Å². The Morgan fingerprint density at radius 3 is 2.39 bits per heavy atom. The number of benzene rings is 1. The molecule has 0 bridgehead atoms. The van der Waals surface area contributed by atoms with Gasteiger partial charge in [-0.25, -0.2) is 17.9 Å². The zero-order valence-electron chi connectivity index (χ0n) is 21.4. The molecule has 1 aromatic carbocycles. The van der Waals surface area contributed by atoms with Crippen LogP contribution in [0.25, 0.3) is 0 Å². The number of nitrogens with one attached hydrogen (secondary N) is 4. The molecule has 9 N–H and O–H groups in total. The molecular weight excluding hydrogens is 488 g/mol. The minimum atomic E-state index is -4.01. The minimum Gasteiger partial charge on any atom is -0.487 e. The van der Waals surface area contributed by atoms with Crippen LogP contribution in [0.2, 0.25) is 0 Å². The summed E-state index contributed by atoms with van der Waals surface area (Å²) in [5.41, 5.74) is 13.5. The van der Waals surface area contributed by atoms with Crippen LogP contribution in [0.15, 0.2) is 4.90 Å². The van der Waals surface area contributed by atoms with Crippen molar-refractivity contribution >= 4 is 27.9 Å². The lowest BCUT2D eigenvalue weighted by Gasteiger charge is -2.19. The Bertz CT molecular complexity index is 1130. The summed E-state index contributed by atoms with van der Waals surface area (Å²) in [5.74, 6) is -1.47. The number of carboxylic acid groups (broad SMARTS) is 1. The van der Waals surface area contributed by atoms with Gasteiger partial charge >= 0.3 is 5.97 Å². The number of fused-ring (bicyclic) bond motifs is 1. The van der Waals surface area contributed by atoms with Gasteiger partial charge in [-0.15, -0.1) is 0 Å². The number of guanidine groups is 1. The standard InChI is InChI=1S/C23H38N6O6S/c1-12-13(2)19(14(3)15-10-23(4,5)35-18(12)15)36(33,34)29-22(26)27-9-7-6-8-16(25)20(30)28-17(11-24)21(31)32/h16-17H,6-11,24-25H2,1-5H3,(H,28,30)(H,31,32)(H3,26,27,29)/t16-,17-/m0/s1. The Morgan fingerprint density at radius 2 is 1.81 bits per heavy atom. The minimum absolute atomic E-state index is 0.153. The van der Waals surface area contributed by atoms with E-state index in [0.717, 1.165) is 16.9 Å². The van der Waals surface area contributed by atoms with Gasteiger partial charge in [-0.1, -0.05) is 0 Å². The maximum Gasteiger partial charge on any atom is 0.327 e. The topological polar surface area (TPSA) is 210 Å². The Kier molecular flexibility index (Phi) is 9.32. The van der Waals surface area contributed by atoms with Gasteiger partial charge in [0.15, 0.2) is 0 Å². The predicted molar refractivity (Wildman–Crippen MR) is 136 cm³/mol. The van der Waals surface area contributed by atoms with Gasteiger partial charge in [-0.2, -0.15) is 0 Å². The number of carbonyl (C=O) groups excluding carboxylic acids is 1. The molecule has 0 fully saturated rings. The Balaban J connectivity index is 1.90. The fourth-order valence-electron chi connectivity index (χ4n) is 4.20. The molecule has 2 rings (SSSR count). The first-order chi connectivity index (χ1) is 16.6. The molecule has 1 aliphatic heterocycles. The Labute approximate surface area is 212 Å². The van der Waals surface area contributed by atoms with Crippen LogP contribution in [0, 0.1) is 26.2 Å². The normalized spacial score (nSPS) is 15.9. The maximum absolute atomic E-state index is 13.2. The number of nitrogens with two attached hydrogens (primary N) is 2. The highest BCUT2D eigenvalue weighted by Gasteiger charge is 2.36. The summed E-state index contributed by atoms with van der Waals surface area (Å²) in [6.45, 7) is 9.27. The molecule has 0 spiro atoms. The number of aliphatic carboxylic acids is 1. The van der Waals surface area contributed by atoms with Crippen LogP contribution in [0.5, 0.6) is 5.75 Å². The van der Waals surface area contributed by atoms with Gasteiger partial charge in [-0.3, -0.25) is 10.2 Å². The maximum atomic E-state index is 13.2. The van der Waals surface area contributed by atoms with E-state index in [1.54, 1.807) is 13.8 Å².